The number of rotatable bonds is 4. The molecule has 0 spiro atoms. The molecule has 0 aromatic heterocycles. The van der Waals surface area contributed by atoms with Crippen molar-refractivity contribution >= 4 is 23.6 Å². The average molecular weight is 325 g/mol. The second kappa shape index (κ2) is 7.03. The van der Waals surface area contributed by atoms with E-state index < -0.39 is 5.97 Å². The van der Waals surface area contributed by atoms with E-state index >= 15 is 0 Å². The highest BCUT2D eigenvalue weighted by Crippen LogP contribution is 2.40. The Morgan fingerprint density at radius 1 is 1.36 bits per heavy atom. The van der Waals surface area contributed by atoms with E-state index in [1.165, 1.54) is 6.08 Å². The molecule has 0 aliphatic carbocycles. The summed E-state index contributed by atoms with van der Waals surface area (Å²) >= 11 is 6.08. The van der Waals surface area contributed by atoms with Gasteiger partial charge in [0.1, 0.15) is 6.61 Å². The molecule has 1 fully saturated rings. The van der Waals surface area contributed by atoms with Crippen molar-refractivity contribution in [2.45, 2.75) is 25.4 Å². The van der Waals surface area contributed by atoms with E-state index in [0.29, 0.717) is 23.1 Å². The molecule has 6 heteroatoms. The first-order valence-electron chi connectivity index (χ1n) is 7.28. The third-order valence-electron chi connectivity index (χ3n) is 3.55. The zero-order valence-corrected chi connectivity index (χ0v) is 12.8. The molecule has 1 unspecified atom stereocenters. The lowest BCUT2D eigenvalue weighted by Gasteiger charge is -2.21. The van der Waals surface area contributed by atoms with Gasteiger partial charge in [-0.3, -0.25) is 0 Å². The van der Waals surface area contributed by atoms with Crippen LogP contribution in [-0.4, -0.2) is 32.1 Å². The number of hydrogen-bond donors (Lipinski definition) is 0. The molecule has 22 heavy (non-hydrogen) atoms. The van der Waals surface area contributed by atoms with Crippen molar-refractivity contribution in [2.75, 3.05) is 20.0 Å². The molecule has 118 valence electrons. The zero-order valence-electron chi connectivity index (χ0n) is 12.0. The van der Waals surface area contributed by atoms with Crippen molar-refractivity contribution in [3.8, 4) is 11.5 Å². The number of hydrogen-bond acceptors (Lipinski definition) is 5. The minimum Gasteiger partial charge on any atom is -0.460 e. The molecule has 1 atom stereocenters. The fourth-order valence-electron chi connectivity index (χ4n) is 2.41. The van der Waals surface area contributed by atoms with E-state index in [-0.39, 0.29) is 12.9 Å². The SMILES string of the molecule is O=C(C=Cc1cc(Cl)c2c(c1)OCO2)OCC1CCCCO1. The van der Waals surface area contributed by atoms with Crippen molar-refractivity contribution < 1.29 is 23.7 Å². The molecule has 0 saturated carbocycles. The van der Waals surface area contributed by atoms with Crippen LogP contribution in [0, 0.1) is 0 Å². The fourth-order valence-corrected chi connectivity index (χ4v) is 2.68. The predicted molar refractivity (Wildman–Crippen MR) is 81.2 cm³/mol. The van der Waals surface area contributed by atoms with Crippen LogP contribution in [0.15, 0.2) is 18.2 Å². The highest BCUT2D eigenvalue weighted by molar-refractivity contribution is 6.32. The molecule has 0 bridgehead atoms. The molecule has 2 aliphatic rings. The highest BCUT2D eigenvalue weighted by Gasteiger charge is 2.18. The summed E-state index contributed by atoms with van der Waals surface area (Å²) in [6.07, 6.45) is 6.16. The second-order valence-corrected chi connectivity index (χ2v) is 5.60. The van der Waals surface area contributed by atoms with Crippen LogP contribution in [0.5, 0.6) is 11.5 Å². The summed E-state index contributed by atoms with van der Waals surface area (Å²) in [5.74, 6) is 0.718. The largest absolute Gasteiger partial charge is 0.460 e. The third-order valence-corrected chi connectivity index (χ3v) is 3.83. The maximum atomic E-state index is 11.7. The molecule has 0 amide bonds. The van der Waals surface area contributed by atoms with Crippen LogP contribution >= 0.6 is 11.6 Å². The van der Waals surface area contributed by atoms with Gasteiger partial charge in [0, 0.05) is 12.7 Å². The normalized spacial score (nSPS) is 20.3. The van der Waals surface area contributed by atoms with Crippen LogP contribution in [0.3, 0.4) is 0 Å². The lowest BCUT2D eigenvalue weighted by molar-refractivity contribution is -0.143. The lowest BCUT2D eigenvalue weighted by Crippen LogP contribution is -2.25. The van der Waals surface area contributed by atoms with Gasteiger partial charge in [-0.05, 0) is 43.0 Å². The number of benzene rings is 1. The summed E-state index contributed by atoms with van der Waals surface area (Å²) in [6, 6.07) is 3.48. The molecule has 3 rings (SSSR count). The second-order valence-electron chi connectivity index (χ2n) is 5.19. The van der Waals surface area contributed by atoms with Crippen LogP contribution in [0.25, 0.3) is 6.08 Å². The highest BCUT2D eigenvalue weighted by atomic mass is 35.5. The quantitative estimate of drug-likeness (QED) is 0.629. The Morgan fingerprint density at radius 2 is 2.27 bits per heavy atom. The number of halogens is 1. The minimum absolute atomic E-state index is 0.0195. The van der Waals surface area contributed by atoms with Crippen LogP contribution in [0.1, 0.15) is 24.8 Å². The van der Waals surface area contributed by atoms with Crippen LogP contribution in [-0.2, 0) is 14.3 Å². The van der Waals surface area contributed by atoms with Crippen molar-refractivity contribution in [3.63, 3.8) is 0 Å². The molecule has 1 aromatic rings. The molecular formula is C16H17ClO5. The van der Waals surface area contributed by atoms with Gasteiger partial charge in [0.05, 0.1) is 11.1 Å². The van der Waals surface area contributed by atoms with Gasteiger partial charge in [-0.15, -0.1) is 0 Å². The van der Waals surface area contributed by atoms with E-state index in [1.54, 1.807) is 18.2 Å². The zero-order chi connectivity index (χ0) is 15.4. The topological polar surface area (TPSA) is 54.0 Å². The van der Waals surface area contributed by atoms with Gasteiger partial charge < -0.3 is 18.9 Å². The van der Waals surface area contributed by atoms with Crippen molar-refractivity contribution in [1.29, 1.82) is 0 Å². The predicted octanol–water partition coefficient (Wildman–Crippen LogP) is 3.19. The Balaban J connectivity index is 1.54. The van der Waals surface area contributed by atoms with Crippen LogP contribution < -0.4 is 9.47 Å². The van der Waals surface area contributed by atoms with Crippen molar-refractivity contribution in [2.24, 2.45) is 0 Å². The molecule has 2 aliphatic heterocycles. The maximum absolute atomic E-state index is 11.7. The minimum atomic E-state index is -0.400. The van der Waals surface area contributed by atoms with Crippen molar-refractivity contribution in [1.82, 2.24) is 0 Å². The molecule has 0 radical (unpaired) electrons. The monoisotopic (exact) mass is 324 g/mol. The van der Waals surface area contributed by atoms with Gasteiger partial charge in [-0.25, -0.2) is 4.79 Å². The Morgan fingerprint density at radius 3 is 3.09 bits per heavy atom. The third kappa shape index (κ3) is 3.72. The number of carbonyl (C=O) groups excluding carboxylic acids is 1. The Labute approximate surface area is 133 Å². The number of ether oxygens (including phenoxy) is 4. The summed E-state index contributed by atoms with van der Waals surface area (Å²) in [5, 5.41) is 0.457. The Hall–Kier alpha value is -1.72. The van der Waals surface area contributed by atoms with Gasteiger partial charge in [0.25, 0.3) is 0 Å². The first kappa shape index (κ1) is 15.2. The van der Waals surface area contributed by atoms with Gasteiger partial charge in [0.15, 0.2) is 11.5 Å². The van der Waals surface area contributed by atoms with Crippen LogP contribution in [0.4, 0.5) is 0 Å². The number of esters is 1. The lowest BCUT2D eigenvalue weighted by atomic mass is 10.1. The molecule has 5 nitrogen and oxygen atoms in total. The number of fused-ring (bicyclic) bond motifs is 1. The van der Waals surface area contributed by atoms with Gasteiger partial charge in [-0.2, -0.15) is 0 Å². The number of carbonyl (C=O) groups is 1. The van der Waals surface area contributed by atoms with Gasteiger partial charge >= 0.3 is 5.97 Å². The standard InChI is InChI=1S/C16H17ClO5/c17-13-7-11(8-14-16(13)22-10-21-14)4-5-15(18)20-9-12-3-1-2-6-19-12/h4-5,7-8,12H,1-3,6,9-10H2. The summed E-state index contributed by atoms with van der Waals surface area (Å²) < 4.78 is 21.2. The summed E-state index contributed by atoms with van der Waals surface area (Å²) in [5.41, 5.74) is 0.750. The van der Waals surface area contributed by atoms with Crippen LogP contribution in [0.2, 0.25) is 5.02 Å². The average Bonchev–Trinajstić information content (AvgIpc) is 3.01. The first-order chi connectivity index (χ1) is 10.7. The smallest absolute Gasteiger partial charge is 0.330 e. The van der Waals surface area contributed by atoms with Crippen molar-refractivity contribution in [3.05, 3.63) is 28.8 Å². The molecule has 1 saturated heterocycles. The fraction of sp³-hybridized carbons (Fsp3) is 0.438. The summed E-state index contributed by atoms with van der Waals surface area (Å²) in [7, 11) is 0. The molecule has 2 heterocycles. The molecular weight excluding hydrogens is 308 g/mol. The molecule has 0 N–H and O–H groups in total. The van der Waals surface area contributed by atoms with E-state index in [2.05, 4.69) is 0 Å². The van der Waals surface area contributed by atoms with E-state index in [0.717, 1.165) is 31.4 Å². The van der Waals surface area contributed by atoms with Gasteiger partial charge in [-0.1, -0.05) is 11.6 Å². The molecule has 1 aromatic carbocycles. The van der Waals surface area contributed by atoms with E-state index in [4.69, 9.17) is 30.5 Å². The van der Waals surface area contributed by atoms with E-state index in [1.807, 2.05) is 0 Å². The first-order valence-corrected chi connectivity index (χ1v) is 7.66. The summed E-state index contributed by atoms with van der Waals surface area (Å²) in [6.45, 7) is 1.20. The Kier molecular flexibility index (Phi) is 4.85. The van der Waals surface area contributed by atoms with E-state index in [9.17, 15) is 4.79 Å². The Bertz CT molecular complexity index is 578. The van der Waals surface area contributed by atoms with Gasteiger partial charge in [0.2, 0.25) is 6.79 Å². The maximum Gasteiger partial charge on any atom is 0.330 e. The summed E-state index contributed by atoms with van der Waals surface area (Å²) in [4.78, 5) is 11.7.